The van der Waals surface area contributed by atoms with Gasteiger partial charge in [-0.05, 0) is 25.0 Å². The van der Waals surface area contributed by atoms with Crippen LogP contribution in [-0.4, -0.2) is 27.1 Å². The number of carbonyl (C=O) groups excluding carboxylic acids is 1. The fourth-order valence-corrected chi connectivity index (χ4v) is 2.19. The number of pyridine rings is 1. The van der Waals surface area contributed by atoms with Gasteiger partial charge in [0.05, 0.1) is 5.56 Å². The highest BCUT2D eigenvalue weighted by Gasteiger charge is 2.21. The van der Waals surface area contributed by atoms with Crippen molar-refractivity contribution in [3.63, 3.8) is 0 Å². The summed E-state index contributed by atoms with van der Waals surface area (Å²) in [5.41, 5.74) is 0.324. The first-order valence-corrected chi connectivity index (χ1v) is 7.09. The molecular formula is C12H11F2N5OS. The Morgan fingerprint density at radius 2 is 2.14 bits per heavy atom. The van der Waals surface area contributed by atoms with E-state index in [-0.39, 0.29) is 5.13 Å². The molecule has 0 radical (unpaired) electrons. The number of carbonyl (C=O) groups is 1. The first-order chi connectivity index (χ1) is 10.1. The van der Waals surface area contributed by atoms with Crippen LogP contribution in [0.4, 0.5) is 19.7 Å². The van der Waals surface area contributed by atoms with Gasteiger partial charge in [0.25, 0.3) is 12.3 Å². The topological polar surface area (TPSA) is 79.8 Å². The summed E-state index contributed by atoms with van der Waals surface area (Å²) in [6.45, 7) is 0. The highest BCUT2D eigenvalue weighted by Crippen LogP contribution is 2.26. The summed E-state index contributed by atoms with van der Waals surface area (Å²) in [6, 6.07) is 3.80. The number of aromatic nitrogens is 3. The zero-order chi connectivity index (χ0) is 14.8. The molecule has 9 heteroatoms. The van der Waals surface area contributed by atoms with Gasteiger partial charge in [0.15, 0.2) is 5.01 Å². The normalized spacial score (nSPS) is 14.2. The Hall–Kier alpha value is -2.16. The van der Waals surface area contributed by atoms with Crippen molar-refractivity contribution >= 4 is 28.2 Å². The predicted octanol–water partition coefficient (Wildman–Crippen LogP) is 2.70. The Labute approximate surface area is 122 Å². The molecule has 2 heterocycles. The van der Waals surface area contributed by atoms with E-state index in [9.17, 15) is 13.6 Å². The van der Waals surface area contributed by atoms with Gasteiger partial charge in [0.1, 0.15) is 5.82 Å². The molecule has 0 bridgehead atoms. The number of hydrogen-bond donors (Lipinski definition) is 2. The number of halogens is 2. The average Bonchev–Trinajstić information content (AvgIpc) is 3.15. The minimum atomic E-state index is -2.69. The molecule has 110 valence electrons. The molecule has 2 aromatic rings. The van der Waals surface area contributed by atoms with Gasteiger partial charge in [-0.25, -0.2) is 13.8 Å². The molecule has 1 fully saturated rings. The van der Waals surface area contributed by atoms with E-state index in [2.05, 4.69) is 25.8 Å². The molecule has 1 amide bonds. The Morgan fingerprint density at radius 1 is 1.33 bits per heavy atom. The molecule has 3 rings (SSSR count). The van der Waals surface area contributed by atoms with Crippen LogP contribution >= 0.6 is 11.3 Å². The minimum Gasteiger partial charge on any atom is -0.367 e. The van der Waals surface area contributed by atoms with Crippen molar-refractivity contribution in [1.82, 2.24) is 15.2 Å². The molecule has 6 nitrogen and oxygen atoms in total. The summed E-state index contributed by atoms with van der Waals surface area (Å²) in [5, 5.41) is 12.0. The number of hydrogen-bond acceptors (Lipinski definition) is 6. The maximum absolute atomic E-state index is 12.4. The number of nitrogens with zero attached hydrogens (tertiary/aromatic N) is 3. The maximum atomic E-state index is 12.4. The quantitative estimate of drug-likeness (QED) is 0.887. The molecule has 2 aromatic heterocycles. The highest BCUT2D eigenvalue weighted by atomic mass is 32.1. The lowest BCUT2D eigenvalue weighted by Crippen LogP contribution is -2.12. The molecule has 2 N–H and O–H groups in total. The van der Waals surface area contributed by atoms with Gasteiger partial charge < -0.3 is 5.32 Å². The van der Waals surface area contributed by atoms with Gasteiger partial charge in [-0.15, -0.1) is 10.2 Å². The van der Waals surface area contributed by atoms with Gasteiger partial charge >= 0.3 is 0 Å². The molecular weight excluding hydrogens is 300 g/mol. The first-order valence-electron chi connectivity index (χ1n) is 6.27. The molecule has 0 aromatic carbocycles. The lowest BCUT2D eigenvalue weighted by Gasteiger charge is -2.04. The standard InChI is InChI=1S/C12H11F2N5OS/c13-9(14)11-18-19-12(21-11)17-10(20)6-1-4-8(15-5-6)16-7-2-3-7/h1,4-5,7,9H,2-3H2,(H,15,16)(H,17,19,20). The fourth-order valence-electron chi connectivity index (χ4n) is 1.59. The van der Waals surface area contributed by atoms with Gasteiger partial charge in [-0.1, -0.05) is 11.3 Å². The van der Waals surface area contributed by atoms with Crippen LogP contribution in [-0.2, 0) is 0 Å². The fraction of sp³-hybridized carbons (Fsp3) is 0.333. The third-order valence-corrected chi connectivity index (χ3v) is 3.65. The van der Waals surface area contributed by atoms with E-state index < -0.39 is 17.3 Å². The molecule has 0 aliphatic heterocycles. The van der Waals surface area contributed by atoms with Crippen molar-refractivity contribution in [2.24, 2.45) is 0 Å². The van der Waals surface area contributed by atoms with Gasteiger partial charge in [-0.3, -0.25) is 10.1 Å². The van der Waals surface area contributed by atoms with E-state index in [0.29, 0.717) is 28.8 Å². The highest BCUT2D eigenvalue weighted by molar-refractivity contribution is 7.15. The zero-order valence-corrected chi connectivity index (χ0v) is 11.5. The summed E-state index contributed by atoms with van der Waals surface area (Å²) in [6.07, 6.45) is 0.998. The van der Waals surface area contributed by atoms with Crippen LogP contribution in [0.25, 0.3) is 0 Å². The number of anilines is 2. The third-order valence-electron chi connectivity index (χ3n) is 2.80. The Balaban J connectivity index is 1.63. The number of alkyl halides is 2. The molecule has 1 aliphatic carbocycles. The van der Waals surface area contributed by atoms with Gasteiger partial charge in [0, 0.05) is 12.2 Å². The molecule has 1 saturated carbocycles. The number of rotatable bonds is 5. The molecule has 0 spiro atoms. The zero-order valence-electron chi connectivity index (χ0n) is 10.7. The molecule has 0 unspecified atom stereocenters. The SMILES string of the molecule is O=C(Nc1nnc(C(F)F)s1)c1ccc(NC2CC2)nc1. The van der Waals surface area contributed by atoms with Crippen molar-refractivity contribution in [2.45, 2.75) is 25.3 Å². The van der Waals surface area contributed by atoms with E-state index in [1.54, 1.807) is 12.1 Å². The van der Waals surface area contributed by atoms with E-state index in [0.717, 1.165) is 12.8 Å². The van der Waals surface area contributed by atoms with E-state index >= 15 is 0 Å². The van der Waals surface area contributed by atoms with E-state index in [4.69, 9.17) is 0 Å². The van der Waals surface area contributed by atoms with Crippen LogP contribution in [0.15, 0.2) is 18.3 Å². The predicted molar refractivity (Wildman–Crippen MR) is 73.7 cm³/mol. The third kappa shape index (κ3) is 3.48. The van der Waals surface area contributed by atoms with Crippen molar-refractivity contribution in [3.05, 3.63) is 28.9 Å². The van der Waals surface area contributed by atoms with Crippen LogP contribution in [0.1, 0.15) is 34.6 Å². The summed E-state index contributed by atoms with van der Waals surface area (Å²) >= 11 is 0.647. The monoisotopic (exact) mass is 311 g/mol. The van der Waals surface area contributed by atoms with Crippen LogP contribution in [0.2, 0.25) is 0 Å². The molecule has 0 atom stereocenters. The van der Waals surface area contributed by atoms with Gasteiger partial charge in [-0.2, -0.15) is 0 Å². The van der Waals surface area contributed by atoms with E-state index in [1.807, 2.05) is 0 Å². The summed E-state index contributed by atoms with van der Waals surface area (Å²) < 4.78 is 24.7. The van der Waals surface area contributed by atoms with Crippen LogP contribution in [0.3, 0.4) is 0 Å². The summed E-state index contributed by atoms with van der Waals surface area (Å²) in [4.78, 5) is 16.0. The second kappa shape index (κ2) is 5.68. The van der Waals surface area contributed by atoms with Crippen molar-refractivity contribution in [3.8, 4) is 0 Å². The molecule has 21 heavy (non-hydrogen) atoms. The lowest BCUT2D eigenvalue weighted by molar-refractivity contribution is 0.102. The smallest absolute Gasteiger partial charge is 0.291 e. The van der Waals surface area contributed by atoms with Crippen LogP contribution < -0.4 is 10.6 Å². The largest absolute Gasteiger partial charge is 0.367 e. The maximum Gasteiger partial charge on any atom is 0.291 e. The van der Waals surface area contributed by atoms with Gasteiger partial charge in [0.2, 0.25) is 5.13 Å². The van der Waals surface area contributed by atoms with E-state index in [1.165, 1.54) is 6.20 Å². The molecule has 1 aliphatic rings. The summed E-state index contributed by atoms with van der Waals surface area (Å²) in [5.74, 6) is 0.252. The molecule has 0 saturated heterocycles. The second-order valence-corrected chi connectivity index (χ2v) is 5.56. The van der Waals surface area contributed by atoms with Crippen molar-refractivity contribution in [2.75, 3.05) is 10.6 Å². The average molecular weight is 311 g/mol. The van der Waals surface area contributed by atoms with Crippen LogP contribution in [0.5, 0.6) is 0 Å². The van der Waals surface area contributed by atoms with Crippen molar-refractivity contribution < 1.29 is 13.6 Å². The summed E-state index contributed by atoms with van der Waals surface area (Å²) in [7, 11) is 0. The second-order valence-electron chi connectivity index (χ2n) is 4.55. The van der Waals surface area contributed by atoms with Crippen molar-refractivity contribution in [1.29, 1.82) is 0 Å². The Kier molecular flexibility index (Phi) is 3.74. The Bertz CT molecular complexity index is 641. The number of nitrogens with one attached hydrogen (secondary N) is 2. The Morgan fingerprint density at radius 3 is 2.71 bits per heavy atom. The van der Waals surface area contributed by atoms with Crippen LogP contribution in [0, 0.1) is 0 Å². The minimum absolute atomic E-state index is 0.0375. The number of amides is 1. The first kappa shape index (κ1) is 13.8. The lowest BCUT2D eigenvalue weighted by atomic mass is 10.2.